The highest BCUT2D eigenvalue weighted by atomic mass is 32.2. The second kappa shape index (κ2) is 16.6. The summed E-state index contributed by atoms with van der Waals surface area (Å²) in [6.45, 7) is 5.35. The average Bonchev–Trinajstić information content (AvgIpc) is 3.80. The van der Waals surface area contributed by atoms with Crippen LogP contribution in [0.2, 0.25) is 0 Å². The van der Waals surface area contributed by atoms with Crippen LogP contribution in [0.1, 0.15) is 54.1 Å². The highest BCUT2D eigenvalue weighted by Crippen LogP contribution is 2.40. The molecule has 3 aliphatic heterocycles. The van der Waals surface area contributed by atoms with E-state index in [0.717, 1.165) is 35.8 Å². The van der Waals surface area contributed by atoms with Crippen LogP contribution < -0.4 is 20.9 Å². The number of piperazine rings is 1. The van der Waals surface area contributed by atoms with Crippen LogP contribution in [0.3, 0.4) is 0 Å². The van der Waals surface area contributed by atoms with E-state index in [1.807, 2.05) is 12.1 Å². The summed E-state index contributed by atoms with van der Waals surface area (Å²) in [6.07, 6.45) is -1.62. The van der Waals surface area contributed by atoms with Gasteiger partial charge < -0.3 is 20.4 Å². The highest BCUT2D eigenvalue weighted by Gasteiger charge is 2.40. The van der Waals surface area contributed by atoms with Crippen molar-refractivity contribution in [1.29, 1.82) is 0 Å². The summed E-state index contributed by atoms with van der Waals surface area (Å²) < 4.78 is 69.5. The molecule has 3 aromatic carbocycles. The molecule has 3 aliphatic rings. The number of rotatable bonds is 12. The fourth-order valence-corrected chi connectivity index (χ4v) is 9.06. The maximum atomic E-state index is 14.3. The SMILES string of the molecule is CCS(=O)(=O)n1cc(-c2nc(Nc3ccc(N4CCN(CCCC(=O)Nc5cccc6c5CN(C5CCC(=O)NC5=O)C6=O)CC4)cc3)ncc2C(F)(F)F)c2ccccc21. The molecule has 0 bridgehead atoms. The van der Waals surface area contributed by atoms with Crippen LogP contribution in [0, 0.1) is 0 Å². The van der Waals surface area contributed by atoms with Crippen LogP contribution in [0.15, 0.2) is 79.1 Å². The van der Waals surface area contributed by atoms with Gasteiger partial charge in [-0.3, -0.25) is 29.4 Å². The number of carbonyl (C=O) groups excluding carboxylic acids is 4. The number of benzene rings is 3. The molecule has 0 saturated carbocycles. The molecule has 0 aliphatic carbocycles. The molecule has 8 rings (SSSR count). The number of carbonyl (C=O) groups is 4. The number of hydrogen-bond acceptors (Lipinski definition) is 11. The molecule has 2 saturated heterocycles. The number of aromatic nitrogens is 3. The van der Waals surface area contributed by atoms with Crippen LogP contribution in [-0.4, -0.2) is 100 Å². The second-order valence-corrected chi connectivity index (χ2v) is 17.2. The fraction of sp³-hybridized carbons (Fsp3) is 0.333. The molecule has 1 atom stereocenters. The van der Waals surface area contributed by atoms with Gasteiger partial charge in [-0.1, -0.05) is 24.3 Å². The Kier molecular flexibility index (Phi) is 11.3. The Morgan fingerprint density at radius 2 is 1.70 bits per heavy atom. The Labute approximate surface area is 349 Å². The summed E-state index contributed by atoms with van der Waals surface area (Å²) in [5, 5.41) is 8.54. The molecule has 5 aromatic rings. The summed E-state index contributed by atoms with van der Waals surface area (Å²) in [7, 11) is -3.83. The van der Waals surface area contributed by atoms with Gasteiger partial charge in [0.05, 0.1) is 17.0 Å². The maximum Gasteiger partial charge on any atom is 0.419 e. The van der Waals surface area contributed by atoms with E-state index in [9.17, 15) is 40.8 Å². The molecule has 318 valence electrons. The molecule has 5 heterocycles. The number of alkyl halides is 3. The zero-order valence-electron chi connectivity index (χ0n) is 33.0. The number of piperidine rings is 1. The van der Waals surface area contributed by atoms with E-state index < -0.39 is 39.4 Å². The Hall–Kier alpha value is -6.34. The first-order valence-corrected chi connectivity index (χ1v) is 21.5. The normalized spacial score (nSPS) is 17.4. The number of para-hydroxylation sites is 1. The quantitative estimate of drug-likeness (QED) is 0.138. The third-order valence-electron chi connectivity index (χ3n) is 11.3. The molecule has 0 spiro atoms. The maximum absolute atomic E-state index is 14.3. The molecule has 61 heavy (non-hydrogen) atoms. The van der Waals surface area contributed by atoms with E-state index >= 15 is 0 Å². The first-order valence-electron chi connectivity index (χ1n) is 19.9. The zero-order chi connectivity index (χ0) is 43.1. The average molecular weight is 858 g/mol. The van der Waals surface area contributed by atoms with Crippen molar-refractivity contribution in [3.8, 4) is 11.3 Å². The van der Waals surface area contributed by atoms with E-state index in [0.29, 0.717) is 47.1 Å². The van der Waals surface area contributed by atoms with Crippen LogP contribution in [0.25, 0.3) is 22.2 Å². The molecule has 2 aromatic heterocycles. The van der Waals surface area contributed by atoms with E-state index in [1.54, 1.807) is 48.5 Å². The second-order valence-electron chi connectivity index (χ2n) is 15.1. The smallest absolute Gasteiger partial charge is 0.369 e. The van der Waals surface area contributed by atoms with Crippen molar-refractivity contribution in [1.82, 2.24) is 29.1 Å². The number of nitrogens with zero attached hydrogens (tertiary/aromatic N) is 6. The van der Waals surface area contributed by atoms with Gasteiger partial charge >= 0.3 is 6.18 Å². The van der Waals surface area contributed by atoms with Gasteiger partial charge in [0.1, 0.15) is 11.6 Å². The van der Waals surface area contributed by atoms with Crippen molar-refractivity contribution >= 4 is 67.6 Å². The van der Waals surface area contributed by atoms with Gasteiger partial charge in [-0.25, -0.2) is 22.4 Å². The lowest BCUT2D eigenvalue weighted by molar-refractivity contribution is -0.138. The zero-order valence-corrected chi connectivity index (χ0v) is 33.9. The molecular weight excluding hydrogens is 816 g/mol. The Morgan fingerprint density at radius 3 is 2.43 bits per heavy atom. The summed E-state index contributed by atoms with van der Waals surface area (Å²) in [6, 6.07) is 18.1. The molecule has 4 amide bonds. The van der Waals surface area contributed by atoms with Crippen molar-refractivity contribution in [3.63, 3.8) is 0 Å². The van der Waals surface area contributed by atoms with Crippen molar-refractivity contribution in [2.24, 2.45) is 0 Å². The van der Waals surface area contributed by atoms with Gasteiger partial charge in [-0.05, 0) is 68.8 Å². The largest absolute Gasteiger partial charge is 0.419 e. The lowest BCUT2D eigenvalue weighted by Gasteiger charge is -2.36. The van der Waals surface area contributed by atoms with E-state index in [-0.39, 0.29) is 66.3 Å². The summed E-state index contributed by atoms with van der Waals surface area (Å²) in [4.78, 5) is 64.4. The molecule has 0 radical (unpaired) electrons. The molecule has 19 heteroatoms. The summed E-state index contributed by atoms with van der Waals surface area (Å²) >= 11 is 0. The van der Waals surface area contributed by atoms with E-state index in [1.165, 1.54) is 24.1 Å². The third kappa shape index (κ3) is 8.52. The topological polar surface area (TPSA) is 179 Å². The molecule has 3 N–H and O–H groups in total. The van der Waals surface area contributed by atoms with Gasteiger partial charge in [0.15, 0.2) is 0 Å². The first kappa shape index (κ1) is 41.4. The van der Waals surface area contributed by atoms with E-state index in [2.05, 4.69) is 35.7 Å². The molecule has 2 fully saturated rings. The van der Waals surface area contributed by atoms with Gasteiger partial charge in [-0.2, -0.15) is 13.2 Å². The lowest BCUT2D eigenvalue weighted by atomic mass is 10.0. The Balaban J connectivity index is 0.846. The number of amides is 4. The number of imide groups is 1. The standard InChI is InChI=1S/C42H42F3N9O6S/c1-2-61(59,60)54-25-31(28-7-3-4-10-34(28)54)38-32(42(43,44)45)23-46-41(50-38)47-26-12-14-27(15-13-26)52-21-19-51(20-22-52)18-6-11-36(55)48-33-9-5-8-29-30(33)24-53(40(29)58)35-16-17-37(56)49-39(35)57/h3-5,7-10,12-15,23,25,35H,2,6,11,16-22,24H2,1H3,(H,48,55)(H,46,47,50)(H,49,56,57). The number of anilines is 4. The van der Waals surface area contributed by atoms with Crippen LogP contribution >= 0.6 is 0 Å². The third-order valence-corrected chi connectivity index (χ3v) is 12.9. The van der Waals surface area contributed by atoms with Gasteiger partial charge in [0.2, 0.25) is 33.7 Å². The minimum absolute atomic E-state index is 0.0126. The number of fused-ring (bicyclic) bond motifs is 2. The number of halogens is 3. The van der Waals surface area contributed by atoms with E-state index in [4.69, 9.17) is 0 Å². The summed E-state index contributed by atoms with van der Waals surface area (Å²) in [5.41, 5.74) is 1.82. The van der Waals surface area contributed by atoms with Crippen LogP contribution in [0.4, 0.5) is 36.2 Å². The highest BCUT2D eigenvalue weighted by molar-refractivity contribution is 7.90. The Morgan fingerprint density at radius 1 is 0.951 bits per heavy atom. The summed E-state index contributed by atoms with van der Waals surface area (Å²) in [5.74, 6) is -1.67. The van der Waals surface area contributed by atoms with Crippen molar-refractivity contribution in [3.05, 3.63) is 95.8 Å². The molecular formula is C42H42F3N9O6S. The van der Waals surface area contributed by atoms with Crippen LogP contribution in [-0.2, 0) is 37.1 Å². The predicted octanol–water partition coefficient (Wildman–Crippen LogP) is 5.36. The van der Waals surface area contributed by atoms with Gasteiger partial charge in [0, 0.05) is 97.1 Å². The lowest BCUT2D eigenvalue weighted by Crippen LogP contribution is -2.52. The van der Waals surface area contributed by atoms with Crippen molar-refractivity contribution in [2.45, 2.75) is 51.4 Å². The monoisotopic (exact) mass is 857 g/mol. The van der Waals surface area contributed by atoms with Crippen molar-refractivity contribution < 1.29 is 40.8 Å². The van der Waals surface area contributed by atoms with Crippen LogP contribution in [0.5, 0.6) is 0 Å². The number of nitrogens with one attached hydrogen (secondary N) is 3. The van der Waals surface area contributed by atoms with Crippen molar-refractivity contribution in [2.75, 3.05) is 54.0 Å². The number of hydrogen-bond donors (Lipinski definition) is 3. The Bertz CT molecular complexity index is 2640. The molecule has 15 nitrogen and oxygen atoms in total. The predicted molar refractivity (Wildman–Crippen MR) is 222 cm³/mol. The minimum Gasteiger partial charge on any atom is -0.369 e. The molecule has 1 unspecified atom stereocenters. The fourth-order valence-electron chi connectivity index (χ4n) is 8.06. The minimum atomic E-state index is -4.81. The van der Waals surface area contributed by atoms with Gasteiger partial charge in [0.25, 0.3) is 5.91 Å². The first-order chi connectivity index (χ1) is 29.2. The van der Waals surface area contributed by atoms with Gasteiger partial charge in [-0.15, -0.1) is 0 Å².